The van der Waals surface area contributed by atoms with Gasteiger partial charge in [-0.05, 0) is 55.0 Å². The quantitative estimate of drug-likeness (QED) is 0.423. The Bertz CT molecular complexity index is 1200. The first-order valence-corrected chi connectivity index (χ1v) is 10.4. The molecule has 0 aliphatic carbocycles. The largest absolute Gasteiger partial charge is 0.489 e. The molecule has 0 unspecified atom stereocenters. The lowest BCUT2D eigenvalue weighted by Crippen LogP contribution is -2.12. The van der Waals surface area contributed by atoms with Crippen LogP contribution in [-0.4, -0.2) is 15.5 Å². The molecule has 1 amide bonds. The van der Waals surface area contributed by atoms with Gasteiger partial charge in [0.2, 0.25) is 0 Å². The Kier molecular flexibility index (Phi) is 6.51. The standard InChI is InChI=1S/C26H25N3O3/c1-19-5-3-6-20(15-19)17-31-24-8-4-7-21(16-24)26(30)28-22-9-11-23(12-10-22)32-18-25-27-13-14-29(25)2/h3-16H,17-18H2,1-2H3,(H,28,30). The van der Waals surface area contributed by atoms with Crippen LogP contribution in [0.25, 0.3) is 0 Å². The van der Waals surface area contributed by atoms with Crippen LogP contribution < -0.4 is 14.8 Å². The van der Waals surface area contributed by atoms with Gasteiger partial charge in [-0.1, -0.05) is 35.9 Å². The molecule has 162 valence electrons. The molecule has 6 nitrogen and oxygen atoms in total. The number of carbonyl (C=O) groups excluding carboxylic acids is 1. The number of aromatic nitrogens is 2. The molecule has 0 atom stereocenters. The fourth-order valence-corrected chi connectivity index (χ4v) is 3.22. The van der Waals surface area contributed by atoms with Gasteiger partial charge in [0.1, 0.15) is 30.5 Å². The number of anilines is 1. The van der Waals surface area contributed by atoms with E-state index in [0.29, 0.717) is 36.0 Å². The predicted molar refractivity (Wildman–Crippen MR) is 124 cm³/mol. The van der Waals surface area contributed by atoms with Crippen molar-refractivity contribution in [3.8, 4) is 11.5 Å². The number of hydrogen-bond donors (Lipinski definition) is 1. The molecule has 0 spiro atoms. The van der Waals surface area contributed by atoms with Gasteiger partial charge >= 0.3 is 0 Å². The third-order valence-corrected chi connectivity index (χ3v) is 4.99. The Morgan fingerprint density at radius 3 is 2.47 bits per heavy atom. The molecule has 4 aromatic rings. The normalized spacial score (nSPS) is 10.6. The summed E-state index contributed by atoms with van der Waals surface area (Å²) in [7, 11) is 1.92. The number of carbonyl (C=O) groups is 1. The van der Waals surface area contributed by atoms with Crippen molar-refractivity contribution >= 4 is 11.6 Å². The fourth-order valence-electron chi connectivity index (χ4n) is 3.22. The molecular weight excluding hydrogens is 402 g/mol. The maximum absolute atomic E-state index is 12.7. The highest BCUT2D eigenvalue weighted by molar-refractivity contribution is 6.04. The van der Waals surface area contributed by atoms with E-state index in [1.54, 1.807) is 18.3 Å². The maximum atomic E-state index is 12.7. The number of nitrogens with zero attached hydrogens (tertiary/aromatic N) is 2. The van der Waals surface area contributed by atoms with Gasteiger partial charge in [-0.15, -0.1) is 0 Å². The van der Waals surface area contributed by atoms with Crippen molar-refractivity contribution in [1.82, 2.24) is 9.55 Å². The first-order chi connectivity index (χ1) is 15.6. The Morgan fingerprint density at radius 2 is 1.72 bits per heavy atom. The minimum absolute atomic E-state index is 0.201. The van der Waals surface area contributed by atoms with E-state index < -0.39 is 0 Å². The van der Waals surface area contributed by atoms with Gasteiger partial charge in [0.15, 0.2) is 0 Å². The van der Waals surface area contributed by atoms with Crippen LogP contribution in [0.1, 0.15) is 27.3 Å². The van der Waals surface area contributed by atoms with Gasteiger partial charge in [0, 0.05) is 30.7 Å². The van der Waals surface area contributed by atoms with Gasteiger partial charge in [0.25, 0.3) is 5.91 Å². The van der Waals surface area contributed by atoms with Crippen molar-refractivity contribution in [3.63, 3.8) is 0 Å². The van der Waals surface area contributed by atoms with E-state index in [4.69, 9.17) is 9.47 Å². The van der Waals surface area contributed by atoms with E-state index in [-0.39, 0.29) is 5.91 Å². The van der Waals surface area contributed by atoms with E-state index in [1.165, 1.54) is 5.56 Å². The zero-order chi connectivity index (χ0) is 22.3. The van der Waals surface area contributed by atoms with Crippen molar-refractivity contribution in [2.45, 2.75) is 20.1 Å². The Hall–Kier alpha value is -4.06. The van der Waals surface area contributed by atoms with Crippen LogP contribution >= 0.6 is 0 Å². The van der Waals surface area contributed by atoms with Crippen molar-refractivity contribution in [2.75, 3.05) is 5.32 Å². The molecule has 1 heterocycles. The second-order valence-corrected chi connectivity index (χ2v) is 7.53. The molecule has 3 aromatic carbocycles. The summed E-state index contributed by atoms with van der Waals surface area (Å²) in [5.41, 5.74) is 3.49. The summed E-state index contributed by atoms with van der Waals surface area (Å²) in [6, 6.07) is 22.6. The highest BCUT2D eigenvalue weighted by atomic mass is 16.5. The molecule has 6 heteroatoms. The monoisotopic (exact) mass is 427 g/mol. The number of amides is 1. The summed E-state index contributed by atoms with van der Waals surface area (Å²) in [6.07, 6.45) is 3.61. The minimum Gasteiger partial charge on any atom is -0.489 e. The molecular formula is C26H25N3O3. The topological polar surface area (TPSA) is 65.4 Å². The van der Waals surface area contributed by atoms with E-state index >= 15 is 0 Å². The van der Waals surface area contributed by atoms with Crippen LogP contribution in [0.3, 0.4) is 0 Å². The van der Waals surface area contributed by atoms with Gasteiger partial charge in [0.05, 0.1) is 0 Å². The second-order valence-electron chi connectivity index (χ2n) is 7.53. The third-order valence-electron chi connectivity index (χ3n) is 4.99. The van der Waals surface area contributed by atoms with Crippen molar-refractivity contribution < 1.29 is 14.3 Å². The van der Waals surface area contributed by atoms with Gasteiger partial charge < -0.3 is 19.4 Å². The highest BCUT2D eigenvalue weighted by Crippen LogP contribution is 2.20. The second kappa shape index (κ2) is 9.83. The summed E-state index contributed by atoms with van der Waals surface area (Å²) in [5.74, 6) is 1.99. The van der Waals surface area contributed by atoms with E-state index in [9.17, 15) is 4.79 Å². The van der Waals surface area contributed by atoms with Crippen molar-refractivity contribution in [3.05, 3.63) is 108 Å². The zero-order valence-corrected chi connectivity index (χ0v) is 18.1. The lowest BCUT2D eigenvalue weighted by molar-refractivity contribution is 0.102. The minimum atomic E-state index is -0.201. The summed E-state index contributed by atoms with van der Waals surface area (Å²) < 4.78 is 13.5. The molecule has 0 radical (unpaired) electrons. The smallest absolute Gasteiger partial charge is 0.255 e. The number of aryl methyl sites for hydroxylation is 2. The maximum Gasteiger partial charge on any atom is 0.255 e. The van der Waals surface area contributed by atoms with Gasteiger partial charge in [-0.3, -0.25) is 4.79 Å². The molecule has 0 aliphatic rings. The number of nitrogens with one attached hydrogen (secondary N) is 1. The summed E-state index contributed by atoms with van der Waals surface area (Å²) >= 11 is 0. The Labute approximate surface area is 187 Å². The Morgan fingerprint density at radius 1 is 0.938 bits per heavy atom. The van der Waals surface area contributed by atoms with Crippen molar-refractivity contribution in [2.24, 2.45) is 7.05 Å². The summed E-state index contributed by atoms with van der Waals surface area (Å²) in [4.78, 5) is 16.9. The number of rotatable bonds is 8. The summed E-state index contributed by atoms with van der Waals surface area (Å²) in [5, 5.41) is 2.91. The molecule has 32 heavy (non-hydrogen) atoms. The molecule has 0 aliphatic heterocycles. The molecule has 0 fully saturated rings. The first kappa shape index (κ1) is 21.2. The lowest BCUT2D eigenvalue weighted by Gasteiger charge is -2.10. The van der Waals surface area contributed by atoms with Crippen molar-refractivity contribution in [1.29, 1.82) is 0 Å². The zero-order valence-electron chi connectivity index (χ0n) is 18.1. The first-order valence-electron chi connectivity index (χ1n) is 10.4. The molecule has 1 aromatic heterocycles. The number of imidazole rings is 1. The molecule has 4 rings (SSSR count). The van der Waals surface area contributed by atoms with Crippen LogP contribution in [0.15, 0.2) is 85.2 Å². The van der Waals surface area contributed by atoms with E-state index in [0.717, 1.165) is 11.4 Å². The molecule has 0 saturated heterocycles. The van der Waals surface area contributed by atoms with Gasteiger partial charge in [-0.25, -0.2) is 4.98 Å². The molecule has 0 bridgehead atoms. The van der Waals surface area contributed by atoms with Crippen LogP contribution in [0.2, 0.25) is 0 Å². The van der Waals surface area contributed by atoms with Crippen LogP contribution in [0.5, 0.6) is 11.5 Å². The number of hydrogen-bond acceptors (Lipinski definition) is 4. The number of ether oxygens (including phenoxy) is 2. The average Bonchev–Trinajstić information content (AvgIpc) is 3.22. The summed E-state index contributed by atoms with van der Waals surface area (Å²) in [6.45, 7) is 2.88. The highest BCUT2D eigenvalue weighted by Gasteiger charge is 2.08. The lowest BCUT2D eigenvalue weighted by atomic mass is 10.1. The van der Waals surface area contributed by atoms with Crippen LogP contribution in [0, 0.1) is 6.92 Å². The SMILES string of the molecule is Cc1cccc(COc2cccc(C(=O)Nc3ccc(OCc4nccn4C)cc3)c2)c1. The van der Waals surface area contributed by atoms with Crippen LogP contribution in [0.4, 0.5) is 5.69 Å². The van der Waals surface area contributed by atoms with E-state index in [2.05, 4.69) is 16.4 Å². The number of benzene rings is 3. The predicted octanol–water partition coefficient (Wildman–Crippen LogP) is 5.14. The third kappa shape index (κ3) is 5.55. The molecule has 0 saturated carbocycles. The fraction of sp³-hybridized carbons (Fsp3) is 0.154. The Balaban J connectivity index is 1.33. The van der Waals surface area contributed by atoms with Gasteiger partial charge in [-0.2, -0.15) is 0 Å². The van der Waals surface area contributed by atoms with Crippen LogP contribution in [-0.2, 0) is 20.3 Å². The average molecular weight is 428 g/mol. The molecule has 1 N–H and O–H groups in total. The van der Waals surface area contributed by atoms with E-state index in [1.807, 2.05) is 79.3 Å².